The van der Waals surface area contributed by atoms with Crippen LogP contribution in [0, 0.1) is 5.82 Å². The third kappa shape index (κ3) is 2.69. The molecule has 0 saturated heterocycles. The Balaban J connectivity index is 2.22. The number of carbonyl (C=O) groups excluding carboxylic acids is 1. The largest absolute Gasteiger partial charge is 0.459 e. The van der Waals surface area contributed by atoms with E-state index < -0.39 is 17.4 Å². The van der Waals surface area contributed by atoms with Crippen molar-refractivity contribution in [3.63, 3.8) is 0 Å². The van der Waals surface area contributed by atoms with Gasteiger partial charge in [-0.3, -0.25) is 4.79 Å². The van der Waals surface area contributed by atoms with E-state index in [2.05, 4.69) is 9.97 Å². The van der Waals surface area contributed by atoms with Crippen LogP contribution < -0.4 is 5.73 Å². The summed E-state index contributed by atoms with van der Waals surface area (Å²) in [5, 5.41) is 1.10. The van der Waals surface area contributed by atoms with Crippen LogP contribution in [0.4, 0.5) is 10.2 Å². The molecule has 0 saturated carbocycles. The molecule has 2 heterocycles. The molecular weight excluding hydrogens is 299 g/mol. The number of nitrogens with two attached hydrogens (primary N) is 1. The molecule has 23 heavy (non-hydrogen) atoms. The number of aromatic nitrogens is 3. The van der Waals surface area contributed by atoms with Gasteiger partial charge in [-0.2, -0.15) is 0 Å². The van der Waals surface area contributed by atoms with Crippen molar-refractivity contribution in [2.45, 2.75) is 32.9 Å². The highest BCUT2D eigenvalue weighted by atomic mass is 19.1. The number of ether oxygens (including phenoxy) is 1. The molecule has 3 aromatic rings. The zero-order chi connectivity index (χ0) is 16.8. The zero-order valence-electron chi connectivity index (χ0n) is 13.1. The Labute approximate surface area is 132 Å². The van der Waals surface area contributed by atoms with Gasteiger partial charge < -0.3 is 15.0 Å². The van der Waals surface area contributed by atoms with Crippen molar-refractivity contribution >= 4 is 33.7 Å². The van der Waals surface area contributed by atoms with E-state index in [0.29, 0.717) is 16.4 Å². The summed E-state index contributed by atoms with van der Waals surface area (Å²) < 4.78 is 21.1. The van der Waals surface area contributed by atoms with Crippen molar-refractivity contribution in [1.82, 2.24) is 14.5 Å². The quantitative estimate of drug-likeness (QED) is 0.735. The lowest BCUT2D eigenvalue weighted by Crippen LogP contribution is -2.26. The van der Waals surface area contributed by atoms with Gasteiger partial charge in [-0.1, -0.05) is 12.1 Å². The standard InChI is InChI=1S/C16H17FN4O2/c1-16(2,3)23-11(22)7-21-13-9(5-4-6-10(13)17)12-14(18)19-8-20-15(12)21/h4-6,8H,7H2,1-3H3,(H2,18,19,20). The van der Waals surface area contributed by atoms with Gasteiger partial charge in [-0.05, 0) is 26.8 Å². The molecule has 0 spiro atoms. The molecule has 0 fully saturated rings. The molecule has 0 bridgehead atoms. The monoisotopic (exact) mass is 316 g/mol. The van der Waals surface area contributed by atoms with Gasteiger partial charge in [0.05, 0.1) is 10.9 Å². The van der Waals surface area contributed by atoms with Crippen LogP contribution >= 0.6 is 0 Å². The van der Waals surface area contributed by atoms with E-state index in [1.54, 1.807) is 32.9 Å². The van der Waals surface area contributed by atoms with Crippen LogP contribution in [0.2, 0.25) is 0 Å². The minimum absolute atomic E-state index is 0.158. The minimum atomic E-state index is -0.623. The van der Waals surface area contributed by atoms with Gasteiger partial charge in [0.2, 0.25) is 0 Å². The molecule has 0 aliphatic carbocycles. The van der Waals surface area contributed by atoms with E-state index in [1.807, 2.05) is 0 Å². The Hall–Kier alpha value is -2.70. The Kier molecular flexibility index (Phi) is 3.43. The molecule has 7 heteroatoms. The summed E-state index contributed by atoms with van der Waals surface area (Å²) in [6.07, 6.45) is 1.29. The van der Waals surface area contributed by atoms with E-state index in [1.165, 1.54) is 17.0 Å². The van der Waals surface area contributed by atoms with E-state index >= 15 is 0 Å². The highest BCUT2D eigenvalue weighted by Gasteiger charge is 2.22. The Morgan fingerprint density at radius 2 is 2.09 bits per heavy atom. The summed E-state index contributed by atoms with van der Waals surface area (Å²) in [7, 11) is 0. The highest BCUT2D eigenvalue weighted by molar-refractivity contribution is 6.11. The lowest BCUT2D eigenvalue weighted by molar-refractivity contribution is -0.155. The second-order valence-corrected chi connectivity index (χ2v) is 6.27. The number of benzene rings is 1. The van der Waals surface area contributed by atoms with E-state index in [4.69, 9.17) is 10.5 Å². The van der Waals surface area contributed by atoms with Crippen molar-refractivity contribution < 1.29 is 13.9 Å². The summed E-state index contributed by atoms with van der Waals surface area (Å²) in [4.78, 5) is 20.3. The molecule has 0 aliphatic heterocycles. The third-order valence-electron chi connectivity index (χ3n) is 3.35. The number of hydrogen-bond acceptors (Lipinski definition) is 5. The number of nitrogens with zero attached hydrogens (tertiary/aromatic N) is 3. The predicted octanol–water partition coefficient (Wildman–Crippen LogP) is 2.65. The maximum absolute atomic E-state index is 14.3. The number of esters is 1. The number of halogens is 1. The molecule has 0 amide bonds. The van der Waals surface area contributed by atoms with Crippen molar-refractivity contribution in [3.05, 3.63) is 30.3 Å². The number of rotatable bonds is 2. The van der Waals surface area contributed by atoms with Crippen LogP contribution in [0.5, 0.6) is 0 Å². The number of anilines is 1. The lowest BCUT2D eigenvalue weighted by Gasteiger charge is -2.20. The number of nitrogen functional groups attached to an aromatic ring is 1. The molecule has 6 nitrogen and oxygen atoms in total. The average molecular weight is 316 g/mol. The van der Waals surface area contributed by atoms with Crippen molar-refractivity contribution in [2.75, 3.05) is 5.73 Å². The number of carbonyl (C=O) groups is 1. The highest BCUT2D eigenvalue weighted by Crippen LogP contribution is 2.32. The fourth-order valence-electron chi connectivity index (χ4n) is 2.61. The average Bonchev–Trinajstić information content (AvgIpc) is 2.74. The molecular formula is C16H17FN4O2. The van der Waals surface area contributed by atoms with Gasteiger partial charge in [0, 0.05) is 5.39 Å². The molecule has 0 unspecified atom stereocenters. The van der Waals surface area contributed by atoms with E-state index in [-0.39, 0.29) is 17.9 Å². The van der Waals surface area contributed by atoms with Crippen LogP contribution in [0.15, 0.2) is 24.5 Å². The Bertz CT molecular complexity index is 912. The molecule has 0 aliphatic rings. The van der Waals surface area contributed by atoms with E-state index in [0.717, 1.165) is 0 Å². The van der Waals surface area contributed by atoms with Gasteiger partial charge >= 0.3 is 5.97 Å². The van der Waals surface area contributed by atoms with Gasteiger partial charge in [-0.25, -0.2) is 14.4 Å². The molecule has 1 aromatic carbocycles. The maximum atomic E-state index is 14.3. The number of fused-ring (bicyclic) bond motifs is 3. The molecule has 3 rings (SSSR count). The first kappa shape index (κ1) is 15.2. The zero-order valence-corrected chi connectivity index (χ0v) is 13.1. The summed E-state index contributed by atoms with van der Waals surface area (Å²) in [5.41, 5.74) is 5.96. The summed E-state index contributed by atoms with van der Waals surface area (Å²) in [6.45, 7) is 5.17. The summed E-state index contributed by atoms with van der Waals surface area (Å²) in [6, 6.07) is 4.64. The second kappa shape index (κ2) is 5.19. The van der Waals surface area contributed by atoms with E-state index in [9.17, 15) is 9.18 Å². The van der Waals surface area contributed by atoms with Crippen LogP contribution in [-0.4, -0.2) is 26.1 Å². The maximum Gasteiger partial charge on any atom is 0.326 e. The molecule has 2 N–H and O–H groups in total. The molecule has 0 atom stereocenters. The first-order valence-corrected chi connectivity index (χ1v) is 7.16. The molecule has 0 radical (unpaired) electrons. The van der Waals surface area contributed by atoms with Gasteiger partial charge in [0.25, 0.3) is 0 Å². The number of para-hydroxylation sites is 1. The topological polar surface area (TPSA) is 83.0 Å². The van der Waals surface area contributed by atoms with Crippen LogP contribution in [-0.2, 0) is 16.1 Å². The van der Waals surface area contributed by atoms with Crippen LogP contribution in [0.25, 0.3) is 21.9 Å². The first-order chi connectivity index (χ1) is 10.8. The smallest absolute Gasteiger partial charge is 0.326 e. The second-order valence-electron chi connectivity index (χ2n) is 6.27. The van der Waals surface area contributed by atoms with Crippen molar-refractivity contribution in [3.8, 4) is 0 Å². The Morgan fingerprint density at radius 1 is 1.35 bits per heavy atom. The molecule has 120 valence electrons. The predicted molar refractivity (Wildman–Crippen MR) is 85.2 cm³/mol. The first-order valence-electron chi connectivity index (χ1n) is 7.16. The van der Waals surface area contributed by atoms with Gasteiger partial charge in [0.1, 0.15) is 35.8 Å². The normalized spacial score (nSPS) is 12.0. The fraction of sp³-hybridized carbons (Fsp3) is 0.312. The number of hydrogen-bond donors (Lipinski definition) is 1. The fourth-order valence-corrected chi connectivity index (χ4v) is 2.61. The lowest BCUT2D eigenvalue weighted by atomic mass is 10.2. The summed E-state index contributed by atoms with van der Waals surface area (Å²) in [5.74, 6) is -0.686. The van der Waals surface area contributed by atoms with Gasteiger partial charge in [0.15, 0.2) is 0 Å². The third-order valence-corrected chi connectivity index (χ3v) is 3.35. The van der Waals surface area contributed by atoms with Crippen LogP contribution in [0.1, 0.15) is 20.8 Å². The van der Waals surface area contributed by atoms with Crippen molar-refractivity contribution in [2.24, 2.45) is 0 Å². The van der Waals surface area contributed by atoms with Crippen LogP contribution in [0.3, 0.4) is 0 Å². The van der Waals surface area contributed by atoms with Crippen molar-refractivity contribution in [1.29, 1.82) is 0 Å². The Morgan fingerprint density at radius 3 is 2.78 bits per heavy atom. The SMILES string of the molecule is CC(C)(C)OC(=O)Cn1c2ncnc(N)c2c2cccc(F)c21. The summed E-state index contributed by atoms with van der Waals surface area (Å²) >= 11 is 0. The molecule has 2 aromatic heterocycles. The minimum Gasteiger partial charge on any atom is -0.459 e. The van der Waals surface area contributed by atoms with Gasteiger partial charge in [-0.15, -0.1) is 0 Å².